The minimum atomic E-state index is 1.12. The number of hydrogen-bond acceptors (Lipinski definition) is 1. The van der Waals surface area contributed by atoms with Crippen LogP contribution in [0.1, 0.15) is 0 Å². The average molecular weight is 521 g/mol. The van der Waals surface area contributed by atoms with Crippen molar-refractivity contribution in [1.29, 1.82) is 0 Å². The van der Waals surface area contributed by atoms with Crippen molar-refractivity contribution in [2.45, 2.75) is 0 Å². The summed E-state index contributed by atoms with van der Waals surface area (Å²) in [5.74, 6) is 0. The van der Waals surface area contributed by atoms with E-state index in [0.29, 0.717) is 0 Å². The molecule has 0 bridgehead atoms. The number of hydrogen-bond donors (Lipinski definition) is 0. The van der Waals surface area contributed by atoms with Crippen LogP contribution in [0.5, 0.6) is 0 Å². The van der Waals surface area contributed by atoms with E-state index in [-0.39, 0.29) is 0 Å². The first-order valence-electron chi connectivity index (χ1n) is 14.1. The monoisotopic (exact) mass is 520 g/mol. The molecule has 8 aromatic rings. The van der Waals surface area contributed by atoms with E-state index in [1.165, 1.54) is 77.1 Å². The molecule has 1 aliphatic carbocycles. The zero-order valence-electron chi connectivity index (χ0n) is 22.3. The fraction of sp³-hybridized carbons (Fsp3) is 0. The zero-order valence-corrected chi connectivity index (χ0v) is 22.3. The second-order valence-electron chi connectivity index (χ2n) is 10.8. The molecule has 1 aliphatic rings. The fourth-order valence-electron chi connectivity index (χ4n) is 6.83. The van der Waals surface area contributed by atoms with Gasteiger partial charge in [-0.3, -0.25) is 4.98 Å². The normalized spacial score (nSPS) is 11.9. The third-order valence-corrected chi connectivity index (χ3v) is 8.67. The number of para-hydroxylation sites is 1. The van der Waals surface area contributed by atoms with Gasteiger partial charge in [0.25, 0.3) is 0 Å². The summed E-state index contributed by atoms with van der Waals surface area (Å²) in [5.41, 5.74) is 13.8. The lowest BCUT2D eigenvalue weighted by atomic mass is 9.93. The number of aromatic nitrogens is 2. The van der Waals surface area contributed by atoms with Crippen LogP contribution in [0.25, 0.3) is 82.8 Å². The highest BCUT2D eigenvalue weighted by atomic mass is 15.0. The smallest absolute Gasteiger partial charge is 0.0541 e. The lowest BCUT2D eigenvalue weighted by Crippen LogP contribution is -1.93. The van der Waals surface area contributed by atoms with Crippen molar-refractivity contribution in [1.82, 2.24) is 9.55 Å². The first kappa shape index (κ1) is 22.4. The molecule has 0 unspecified atom stereocenters. The van der Waals surface area contributed by atoms with E-state index in [1.54, 1.807) is 0 Å². The first-order chi connectivity index (χ1) is 20.3. The summed E-state index contributed by atoms with van der Waals surface area (Å²) in [7, 11) is 0. The van der Waals surface area contributed by atoms with Crippen LogP contribution in [0.3, 0.4) is 0 Å². The number of fused-ring (bicyclic) bond motifs is 6. The molecule has 2 aromatic heterocycles. The molecule has 2 heterocycles. The number of rotatable bonds is 3. The second-order valence-corrected chi connectivity index (χ2v) is 10.8. The fourth-order valence-corrected chi connectivity index (χ4v) is 6.83. The molecule has 9 rings (SSSR count). The number of nitrogens with zero attached hydrogens (tertiary/aromatic N) is 2. The quantitative estimate of drug-likeness (QED) is 0.227. The molecule has 0 amide bonds. The summed E-state index contributed by atoms with van der Waals surface area (Å²) in [6.45, 7) is 0. The van der Waals surface area contributed by atoms with Gasteiger partial charge < -0.3 is 4.57 Å². The standard InChI is InChI=1S/C39H24N2/c1-2-7-31-30(6-1)34-10-5-9-33-29(17-18-35(31)39(33)34)26-14-12-25(13-15-26)27-16-19-38-36(24-27)32-8-3-4-11-37(32)41(38)28-20-22-40-23-21-28/h1-24H. The molecule has 0 atom stereocenters. The molecule has 190 valence electrons. The van der Waals surface area contributed by atoms with Gasteiger partial charge >= 0.3 is 0 Å². The van der Waals surface area contributed by atoms with Crippen molar-refractivity contribution in [3.05, 3.63) is 146 Å². The van der Waals surface area contributed by atoms with Gasteiger partial charge in [0.05, 0.1) is 11.0 Å². The highest BCUT2D eigenvalue weighted by Crippen LogP contribution is 2.49. The molecular formula is C39H24N2. The van der Waals surface area contributed by atoms with Gasteiger partial charge in [-0.05, 0) is 85.6 Å². The number of pyridine rings is 1. The lowest BCUT2D eigenvalue weighted by Gasteiger charge is -2.11. The Balaban J connectivity index is 1.15. The summed E-state index contributed by atoms with van der Waals surface area (Å²) in [4.78, 5) is 4.22. The SMILES string of the molecule is c1ccc2c(c1)-c1cccc3c(-c4ccc(-c5ccc6c(c5)c5ccccc5n6-c5ccncc5)cc4)ccc-2c13. The zero-order chi connectivity index (χ0) is 26.9. The predicted molar refractivity (Wildman–Crippen MR) is 171 cm³/mol. The molecule has 2 nitrogen and oxygen atoms in total. The Hall–Kier alpha value is -5.47. The van der Waals surface area contributed by atoms with Gasteiger partial charge in [-0.15, -0.1) is 0 Å². The van der Waals surface area contributed by atoms with Gasteiger partial charge in [-0.25, -0.2) is 0 Å². The Morgan fingerprint density at radius 2 is 1.00 bits per heavy atom. The van der Waals surface area contributed by atoms with Crippen LogP contribution >= 0.6 is 0 Å². The van der Waals surface area contributed by atoms with Crippen LogP contribution in [0.15, 0.2) is 146 Å². The molecule has 0 saturated carbocycles. The van der Waals surface area contributed by atoms with Crippen molar-refractivity contribution >= 4 is 32.6 Å². The maximum atomic E-state index is 4.22. The van der Waals surface area contributed by atoms with Crippen molar-refractivity contribution in [3.63, 3.8) is 0 Å². The van der Waals surface area contributed by atoms with Crippen LogP contribution in [0.4, 0.5) is 0 Å². The Morgan fingerprint density at radius 1 is 0.390 bits per heavy atom. The molecule has 6 aromatic carbocycles. The highest BCUT2D eigenvalue weighted by Gasteiger charge is 2.22. The Bertz CT molecular complexity index is 2260. The third kappa shape index (κ3) is 3.22. The van der Waals surface area contributed by atoms with Crippen LogP contribution in [-0.4, -0.2) is 9.55 Å². The Kier molecular flexibility index (Phi) is 4.64. The van der Waals surface area contributed by atoms with Crippen LogP contribution in [0.2, 0.25) is 0 Å². The Labute approximate surface area is 237 Å². The van der Waals surface area contributed by atoms with E-state index in [1.807, 2.05) is 12.4 Å². The van der Waals surface area contributed by atoms with Crippen LogP contribution < -0.4 is 0 Å². The van der Waals surface area contributed by atoms with Crippen molar-refractivity contribution < 1.29 is 0 Å². The van der Waals surface area contributed by atoms with Crippen LogP contribution in [-0.2, 0) is 0 Å². The van der Waals surface area contributed by atoms with Gasteiger partial charge in [0.15, 0.2) is 0 Å². The molecule has 2 heteroatoms. The van der Waals surface area contributed by atoms with Crippen molar-refractivity contribution in [2.24, 2.45) is 0 Å². The molecule has 0 spiro atoms. The summed E-state index contributed by atoms with van der Waals surface area (Å²) < 4.78 is 2.33. The van der Waals surface area contributed by atoms with E-state index in [2.05, 4.69) is 143 Å². The van der Waals surface area contributed by atoms with Crippen molar-refractivity contribution in [3.8, 4) is 50.2 Å². The van der Waals surface area contributed by atoms with Gasteiger partial charge in [0, 0.05) is 28.9 Å². The summed E-state index contributed by atoms with van der Waals surface area (Å²) in [6, 6.07) is 48.7. The van der Waals surface area contributed by atoms with Crippen LogP contribution in [0, 0.1) is 0 Å². The Morgan fingerprint density at radius 3 is 1.83 bits per heavy atom. The molecule has 0 saturated heterocycles. The van der Waals surface area contributed by atoms with Gasteiger partial charge in [-0.2, -0.15) is 0 Å². The summed E-state index contributed by atoms with van der Waals surface area (Å²) >= 11 is 0. The molecule has 0 aliphatic heterocycles. The first-order valence-corrected chi connectivity index (χ1v) is 14.1. The highest BCUT2D eigenvalue weighted by molar-refractivity contribution is 6.18. The topological polar surface area (TPSA) is 17.8 Å². The van der Waals surface area contributed by atoms with Gasteiger partial charge in [0.2, 0.25) is 0 Å². The van der Waals surface area contributed by atoms with E-state index >= 15 is 0 Å². The maximum absolute atomic E-state index is 4.22. The predicted octanol–water partition coefficient (Wildman–Crippen LogP) is 10.3. The molecule has 41 heavy (non-hydrogen) atoms. The van der Waals surface area contributed by atoms with E-state index in [9.17, 15) is 0 Å². The number of benzene rings is 6. The minimum absolute atomic E-state index is 1.12. The van der Waals surface area contributed by atoms with E-state index in [0.717, 1.165) is 5.69 Å². The maximum Gasteiger partial charge on any atom is 0.0541 e. The molecule has 0 fully saturated rings. The van der Waals surface area contributed by atoms with Crippen molar-refractivity contribution in [2.75, 3.05) is 0 Å². The molecule has 0 radical (unpaired) electrons. The van der Waals surface area contributed by atoms with E-state index in [4.69, 9.17) is 0 Å². The third-order valence-electron chi connectivity index (χ3n) is 8.67. The summed E-state index contributed by atoms with van der Waals surface area (Å²) in [5, 5.41) is 5.19. The average Bonchev–Trinajstić information content (AvgIpc) is 3.56. The largest absolute Gasteiger partial charge is 0.309 e. The molecule has 0 N–H and O–H groups in total. The second kappa shape index (κ2) is 8.51. The van der Waals surface area contributed by atoms with E-state index < -0.39 is 0 Å². The lowest BCUT2D eigenvalue weighted by molar-refractivity contribution is 1.16. The van der Waals surface area contributed by atoms with Gasteiger partial charge in [0.1, 0.15) is 0 Å². The van der Waals surface area contributed by atoms with Gasteiger partial charge in [-0.1, -0.05) is 103 Å². The summed E-state index contributed by atoms with van der Waals surface area (Å²) in [6.07, 6.45) is 3.71. The minimum Gasteiger partial charge on any atom is -0.309 e. The molecular weight excluding hydrogens is 496 g/mol.